The number of halogens is 3. The van der Waals surface area contributed by atoms with Gasteiger partial charge in [0.15, 0.2) is 6.29 Å². The monoisotopic (exact) mass is 250 g/mol. The van der Waals surface area contributed by atoms with Gasteiger partial charge in [0.05, 0.1) is 10.5 Å². The second-order valence-corrected chi connectivity index (χ2v) is 2.90. The van der Waals surface area contributed by atoms with Gasteiger partial charge in [0.25, 0.3) is 0 Å². The number of aldehydes is 1. The minimum atomic E-state index is -5.13. The second-order valence-electron chi connectivity index (χ2n) is 2.90. The average Bonchev–Trinajstić information content (AvgIpc) is 2.15. The van der Waals surface area contributed by atoms with Gasteiger partial charge in [-0.15, -0.1) is 13.2 Å². The highest BCUT2D eigenvalue weighted by atomic mass is 19.4. The molecule has 0 aliphatic carbocycles. The van der Waals surface area contributed by atoms with Gasteiger partial charge in [0, 0.05) is 6.20 Å². The zero-order valence-electron chi connectivity index (χ0n) is 8.32. The molecule has 9 heteroatoms. The minimum absolute atomic E-state index is 0.000509. The van der Waals surface area contributed by atoms with Crippen LogP contribution in [0.1, 0.15) is 16.1 Å². The van der Waals surface area contributed by atoms with Crippen LogP contribution in [0.2, 0.25) is 0 Å². The smallest absolute Gasteiger partial charge is 0.397 e. The number of aromatic nitrogens is 1. The molecule has 0 N–H and O–H groups in total. The number of hydrogen-bond donors (Lipinski definition) is 0. The van der Waals surface area contributed by atoms with Crippen LogP contribution in [0.5, 0.6) is 5.75 Å². The maximum atomic E-state index is 12.1. The summed E-state index contributed by atoms with van der Waals surface area (Å²) < 4.78 is 39.6. The Morgan fingerprint density at radius 1 is 1.53 bits per heavy atom. The van der Waals surface area contributed by atoms with Crippen LogP contribution in [-0.2, 0) is 0 Å². The molecule has 0 aromatic carbocycles. The van der Waals surface area contributed by atoms with Crippen LogP contribution in [0.3, 0.4) is 0 Å². The predicted molar refractivity (Wildman–Crippen MR) is 47.7 cm³/mol. The molecule has 6 nitrogen and oxygen atoms in total. The highest BCUT2D eigenvalue weighted by Gasteiger charge is 2.37. The molecule has 1 aromatic heterocycles. The molecule has 0 radical (unpaired) electrons. The largest absolute Gasteiger partial charge is 0.573 e. The normalized spacial score (nSPS) is 11.1. The van der Waals surface area contributed by atoms with Crippen molar-refractivity contribution >= 4 is 12.0 Å². The lowest BCUT2D eigenvalue weighted by molar-refractivity contribution is -0.389. The Bertz CT molecular complexity index is 473. The van der Waals surface area contributed by atoms with Crippen LogP contribution in [0.15, 0.2) is 6.20 Å². The minimum Gasteiger partial charge on any atom is -0.397 e. The lowest BCUT2D eigenvalue weighted by atomic mass is 10.2. The summed E-state index contributed by atoms with van der Waals surface area (Å²) in [4.78, 5) is 23.4. The number of carbonyl (C=O) groups is 1. The zero-order chi connectivity index (χ0) is 13.2. The molecule has 1 aromatic rings. The average molecular weight is 250 g/mol. The number of nitrogens with zero attached hydrogens (tertiary/aromatic N) is 2. The van der Waals surface area contributed by atoms with Gasteiger partial charge in [-0.2, -0.15) is 0 Å². The van der Waals surface area contributed by atoms with Crippen LogP contribution in [0.4, 0.5) is 18.9 Å². The first kappa shape index (κ1) is 12.9. The van der Waals surface area contributed by atoms with Crippen molar-refractivity contribution in [3.63, 3.8) is 0 Å². The molecule has 92 valence electrons. The predicted octanol–water partition coefficient (Wildman–Crippen LogP) is 2.01. The summed E-state index contributed by atoms with van der Waals surface area (Å²) in [7, 11) is 0. The molecule has 0 amide bonds. The van der Waals surface area contributed by atoms with Gasteiger partial charge in [-0.25, -0.2) is 0 Å². The first-order chi connectivity index (χ1) is 7.76. The number of hydrogen-bond acceptors (Lipinski definition) is 5. The van der Waals surface area contributed by atoms with Crippen molar-refractivity contribution in [2.45, 2.75) is 13.3 Å². The van der Waals surface area contributed by atoms with Gasteiger partial charge in [-0.3, -0.25) is 19.9 Å². The van der Waals surface area contributed by atoms with E-state index < -0.39 is 28.3 Å². The van der Waals surface area contributed by atoms with Gasteiger partial charge in [0.2, 0.25) is 5.75 Å². The zero-order valence-corrected chi connectivity index (χ0v) is 8.32. The van der Waals surface area contributed by atoms with Crippen LogP contribution in [0.25, 0.3) is 0 Å². The van der Waals surface area contributed by atoms with Crippen LogP contribution >= 0.6 is 0 Å². The van der Waals surface area contributed by atoms with Crippen molar-refractivity contribution in [1.29, 1.82) is 0 Å². The Kier molecular flexibility index (Phi) is 3.30. The number of carbonyl (C=O) groups excluding carboxylic acids is 1. The third kappa shape index (κ3) is 2.89. The number of aryl methyl sites for hydroxylation is 1. The molecule has 0 spiro atoms. The van der Waals surface area contributed by atoms with Crippen molar-refractivity contribution in [1.82, 2.24) is 4.98 Å². The van der Waals surface area contributed by atoms with E-state index in [1.807, 2.05) is 0 Å². The van der Waals surface area contributed by atoms with Crippen LogP contribution in [0, 0.1) is 17.0 Å². The Morgan fingerprint density at radius 3 is 2.53 bits per heavy atom. The van der Waals surface area contributed by atoms with Crippen molar-refractivity contribution in [3.8, 4) is 5.75 Å². The van der Waals surface area contributed by atoms with E-state index in [-0.39, 0.29) is 12.0 Å². The highest BCUT2D eigenvalue weighted by molar-refractivity contribution is 5.82. The van der Waals surface area contributed by atoms with Gasteiger partial charge >= 0.3 is 12.0 Å². The standard InChI is InChI=1S/C8H5F3N2O4/c1-4-6(13(15)16)7(17-8(9,10)11)5(3-14)2-12-4/h2-3H,1H3. The summed E-state index contributed by atoms with van der Waals surface area (Å²) in [6, 6.07) is 0. The van der Waals surface area contributed by atoms with E-state index in [0.29, 0.717) is 0 Å². The maximum Gasteiger partial charge on any atom is 0.573 e. The summed E-state index contributed by atoms with van der Waals surface area (Å²) in [5.74, 6) is -1.15. The molecule has 0 atom stereocenters. The molecule has 0 saturated carbocycles. The fourth-order valence-electron chi connectivity index (χ4n) is 1.11. The third-order valence-electron chi connectivity index (χ3n) is 1.74. The van der Waals surface area contributed by atoms with Gasteiger partial charge < -0.3 is 4.74 Å². The summed E-state index contributed by atoms with van der Waals surface area (Å²) in [6.45, 7) is 1.13. The molecule has 0 saturated heterocycles. The maximum absolute atomic E-state index is 12.1. The molecular formula is C8H5F3N2O4. The summed E-state index contributed by atoms with van der Waals surface area (Å²) in [6.07, 6.45) is -4.35. The Hall–Kier alpha value is -2.19. The van der Waals surface area contributed by atoms with Crippen LogP contribution < -0.4 is 4.74 Å². The molecular weight excluding hydrogens is 245 g/mol. The van der Waals surface area contributed by atoms with Gasteiger partial charge in [0.1, 0.15) is 5.69 Å². The summed E-state index contributed by atoms with van der Waals surface area (Å²) in [5, 5.41) is 10.6. The highest BCUT2D eigenvalue weighted by Crippen LogP contribution is 2.35. The Balaban J connectivity index is 3.45. The van der Waals surface area contributed by atoms with Gasteiger partial charge in [-0.05, 0) is 6.92 Å². The van der Waals surface area contributed by atoms with E-state index in [1.54, 1.807) is 0 Å². The quantitative estimate of drug-likeness (QED) is 0.465. The first-order valence-corrected chi connectivity index (χ1v) is 4.11. The van der Waals surface area contributed by atoms with Crippen molar-refractivity contribution < 1.29 is 27.6 Å². The molecule has 0 aliphatic heterocycles. The van der Waals surface area contributed by atoms with Crippen LogP contribution in [-0.4, -0.2) is 22.6 Å². The molecule has 0 unspecified atom stereocenters. The fraction of sp³-hybridized carbons (Fsp3) is 0.250. The van der Waals surface area contributed by atoms with Crippen molar-refractivity contribution in [2.24, 2.45) is 0 Å². The van der Waals surface area contributed by atoms with E-state index in [2.05, 4.69) is 9.72 Å². The first-order valence-electron chi connectivity index (χ1n) is 4.11. The molecule has 17 heavy (non-hydrogen) atoms. The topological polar surface area (TPSA) is 82.3 Å². The number of ether oxygens (including phenoxy) is 1. The van der Waals surface area contributed by atoms with Gasteiger partial charge in [-0.1, -0.05) is 0 Å². The van der Waals surface area contributed by atoms with E-state index in [9.17, 15) is 28.1 Å². The number of alkyl halides is 3. The molecule has 0 bridgehead atoms. The Morgan fingerprint density at radius 2 is 2.12 bits per heavy atom. The van der Waals surface area contributed by atoms with E-state index in [1.165, 1.54) is 0 Å². The molecule has 1 heterocycles. The second kappa shape index (κ2) is 4.36. The van der Waals surface area contributed by atoms with Crippen molar-refractivity contribution in [2.75, 3.05) is 0 Å². The summed E-state index contributed by atoms with van der Waals surface area (Å²) >= 11 is 0. The summed E-state index contributed by atoms with van der Waals surface area (Å²) in [5.41, 5.74) is -1.90. The number of rotatable bonds is 3. The van der Waals surface area contributed by atoms with E-state index in [4.69, 9.17) is 0 Å². The van der Waals surface area contributed by atoms with Crippen molar-refractivity contribution in [3.05, 3.63) is 27.6 Å². The van der Waals surface area contributed by atoms with E-state index >= 15 is 0 Å². The SMILES string of the molecule is Cc1ncc(C=O)c(OC(F)(F)F)c1[N+](=O)[O-]. The van der Waals surface area contributed by atoms with E-state index in [0.717, 1.165) is 13.1 Å². The fourth-order valence-corrected chi connectivity index (χ4v) is 1.11. The lowest BCUT2D eigenvalue weighted by Gasteiger charge is -2.11. The number of pyridine rings is 1. The molecule has 0 fully saturated rings. The lowest BCUT2D eigenvalue weighted by Crippen LogP contribution is -2.19. The molecule has 0 aliphatic rings. The number of nitro groups is 1. The molecule has 1 rings (SSSR count). The third-order valence-corrected chi connectivity index (χ3v) is 1.74. The Labute approximate surface area is 92.2 Å².